The molecule has 2 aliphatic rings. The first kappa shape index (κ1) is 14.9. The Balaban J connectivity index is 0.000000181. The molecule has 0 aromatic carbocycles. The van der Waals surface area contributed by atoms with Crippen LogP contribution >= 0.6 is 0 Å². The summed E-state index contributed by atoms with van der Waals surface area (Å²) in [6.45, 7) is 10.9. The highest BCUT2D eigenvalue weighted by Crippen LogP contribution is 2.27. The molecule has 0 aromatic heterocycles. The quantitative estimate of drug-likeness (QED) is 0.685. The van der Waals surface area contributed by atoms with Crippen molar-refractivity contribution in [3.8, 4) is 0 Å². The summed E-state index contributed by atoms with van der Waals surface area (Å²) in [5, 5.41) is 13.8. The number of nitrogens with one attached hydrogen (secondary N) is 1. The Morgan fingerprint density at radius 3 is 1.53 bits per heavy atom. The lowest BCUT2D eigenvalue weighted by Crippen LogP contribution is -2.55. The standard InChI is InChI=1S/C9H19N.C5H11NO/c1-8(2)6-5-7-9(3,4)10-8;7-6-4-2-1-3-5-6/h10H,5-7H2,1-4H3;7H,1-5H2. The topological polar surface area (TPSA) is 35.5 Å². The first-order valence-electron chi connectivity index (χ1n) is 7.04. The zero-order valence-corrected chi connectivity index (χ0v) is 12.1. The summed E-state index contributed by atoms with van der Waals surface area (Å²) in [5.74, 6) is 0. The molecule has 2 saturated heterocycles. The molecular weight excluding hydrogens is 212 g/mol. The predicted octanol–water partition coefficient (Wildman–Crippen LogP) is 3.18. The number of hydrogen-bond acceptors (Lipinski definition) is 3. The van der Waals surface area contributed by atoms with E-state index in [0.29, 0.717) is 11.1 Å². The van der Waals surface area contributed by atoms with E-state index in [1.165, 1.54) is 30.7 Å². The van der Waals surface area contributed by atoms with E-state index in [-0.39, 0.29) is 0 Å². The number of nitrogens with zero attached hydrogens (tertiary/aromatic N) is 1. The second-order valence-electron chi connectivity index (χ2n) is 6.76. The highest BCUT2D eigenvalue weighted by molar-refractivity contribution is 4.92. The third-order valence-electron chi connectivity index (χ3n) is 3.61. The molecule has 0 aliphatic carbocycles. The minimum Gasteiger partial charge on any atom is -0.314 e. The molecule has 102 valence electrons. The van der Waals surface area contributed by atoms with Crippen LogP contribution in [0.4, 0.5) is 0 Å². The maximum absolute atomic E-state index is 8.74. The number of rotatable bonds is 0. The van der Waals surface area contributed by atoms with Crippen LogP contribution in [-0.4, -0.2) is 34.4 Å². The van der Waals surface area contributed by atoms with Crippen molar-refractivity contribution in [2.45, 2.75) is 77.3 Å². The normalized spacial score (nSPS) is 28.1. The van der Waals surface area contributed by atoms with Crippen LogP contribution in [0.5, 0.6) is 0 Å². The SMILES string of the molecule is CC1(C)CCCC(C)(C)N1.ON1CCCCC1. The van der Waals surface area contributed by atoms with Crippen LogP contribution < -0.4 is 5.32 Å². The van der Waals surface area contributed by atoms with E-state index < -0.39 is 0 Å². The maximum Gasteiger partial charge on any atom is 0.0238 e. The van der Waals surface area contributed by atoms with Crippen molar-refractivity contribution < 1.29 is 5.21 Å². The first-order valence-corrected chi connectivity index (χ1v) is 7.04. The highest BCUT2D eigenvalue weighted by Gasteiger charge is 2.31. The smallest absolute Gasteiger partial charge is 0.0238 e. The van der Waals surface area contributed by atoms with Crippen LogP contribution in [0.25, 0.3) is 0 Å². The Labute approximate surface area is 107 Å². The molecule has 0 aromatic rings. The van der Waals surface area contributed by atoms with E-state index in [0.717, 1.165) is 25.9 Å². The second kappa shape index (κ2) is 6.17. The van der Waals surface area contributed by atoms with Gasteiger partial charge in [0.15, 0.2) is 0 Å². The predicted molar refractivity (Wildman–Crippen MR) is 72.4 cm³/mol. The Bertz CT molecular complexity index is 206. The van der Waals surface area contributed by atoms with Crippen molar-refractivity contribution in [1.82, 2.24) is 10.4 Å². The third-order valence-corrected chi connectivity index (χ3v) is 3.61. The molecule has 2 N–H and O–H groups in total. The van der Waals surface area contributed by atoms with E-state index in [4.69, 9.17) is 5.21 Å². The molecule has 3 nitrogen and oxygen atoms in total. The van der Waals surface area contributed by atoms with Crippen molar-refractivity contribution in [3.05, 3.63) is 0 Å². The fourth-order valence-corrected chi connectivity index (χ4v) is 2.89. The van der Waals surface area contributed by atoms with Crippen molar-refractivity contribution in [2.75, 3.05) is 13.1 Å². The van der Waals surface area contributed by atoms with Gasteiger partial charge in [-0.05, 0) is 59.8 Å². The van der Waals surface area contributed by atoms with Gasteiger partial charge >= 0.3 is 0 Å². The molecule has 3 heteroatoms. The van der Waals surface area contributed by atoms with Crippen LogP contribution in [0.3, 0.4) is 0 Å². The molecule has 2 heterocycles. The molecule has 0 saturated carbocycles. The van der Waals surface area contributed by atoms with Crippen molar-refractivity contribution in [1.29, 1.82) is 0 Å². The van der Waals surface area contributed by atoms with Crippen molar-refractivity contribution in [2.24, 2.45) is 0 Å². The Morgan fingerprint density at radius 2 is 1.29 bits per heavy atom. The van der Waals surface area contributed by atoms with Gasteiger partial charge in [0.1, 0.15) is 0 Å². The zero-order valence-electron chi connectivity index (χ0n) is 12.1. The summed E-state index contributed by atoms with van der Waals surface area (Å²) < 4.78 is 0. The molecule has 0 amide bonds. The Morgan fingerprint density at radius 1 is 0.824 bits per heavy atom. The molecule has 0 bridgehead atoms. The van der Waals surface area contributed by atoms with Crippen molar-refractivity contribution >= 4 is 0 Å². The lowest BCUT2D eigenvalue weighted by atomic mass is 9.83. The lowest BCUT2D eigenvalue weighted by molar-refractivity contribution is -0.103. The van der Waals surface area contributed by atoms with E-state index in [9.17, 15) is 0 Å². The van der Waals surface area contributed by atoms with Gasteiger partial charge in [0.25, 0.3) is 0 Å². The average molecular weight is 242 g/mol. The van der Waals surface area contributed by atoms with Crippen LogP contribution in [0.15, 0.2) is 0 Å². The van der Waals surface area contributed by atoms with Crippen LogP contribution in [-0.2, 0) is 0 Å². The van der Waals surface area contributed by atoms with Crippen LogP contribution in [0.1, 0.15) is 66.2 Å². The maximum atomic E-state index is 8.74. The van der Waals surface area contributed by atoms with Gasteiger partial charge in [0, 0.05) is 24.2 Å². The Hall–Kier alpha value is -0.120. The second-order valence-corrected chi connectivity index (χ2v) is 6.76. The first-order chi connectivity index (χ1) is 7.81. The summed E-state index contributed by atoms with van der Waals surface area (Å²) in [4.78, 5) is 0. The number of hydroxylamine groups is 2. The van der Waals surface area contributed by atoms with Gasteiger partial charge < -0.3 is 10.5 Å². The van der Waals surface area contributed by atoms with Gasteiger partial charge in [-0.3, -0.25) is 0 Å². The molecular formula is C14H30N2O. The minimum atomic E-state index is 0.363. The van der Waals surface area contributed by atoms with Crippen LogP contribution in [0, 0.1) is 0 Å². The molecule has 0 atom stereocenters. The van der Waals surface area contributed by atoms with Gasteiger partial charge in [0.2, 0.25) is 0 Å². The average Bonchev–Trinajstić information content (AvgIpc) is 2.15. The molecule has 0 spiro atoms. The zero-order chi connectivity index (χ0) is 12.9. The van der Waals surface area contributed by atoms with Gasteiger partial charge in [0.05, 0.1) is 0 Å². The molecule has 2 rings (SSSR count). The fourth-order valence-electron chi connectivity index (χ4n) is 2.89. The molecule has 0 unspecified atom stereocenters. The molecule has 2 aliphatic heterocycles. The summed E-state index contributed by atoms with van der Waals surface area (Å²) in [7, 11) is 0. The molecule has 2 fully saturated rings. The molecule has 0 radical (unpaired) electrons. The summed E-state index contributed by atoms with van der Waals surface area (Å²) in [5.41, 5.74) is 0.726. The van der Waals surface area contributed by atoms with Gasteiger partial charge in [-0.25, -0.2) is 0 Å². The summed E-state index contributed by atoms with van der Waals surface area (Å²) in [6, 6.07) is 0. The minimum absolute atomic E-state index is 0.363. The van der Waals surface area contributed by atoms with Gasteiger partial charge in [-0.1, -0.05) is 6.42 Å². The van der Waals surface area contributed by atoms with Gasteiger partial charge in [-0.15, -0.1) is 0 Å². The number of hydrogen-bond donors (Lipinski definition) is 2. The lowest BCUT2D eigenvalue weighted by Gasteiger charge is -2.42. The fraction of sp³-hybridized carbons (Fsp3) is 1.00. The van der Waals surface area contributed by atoms with E-state index >= 15 is 0 Å². The van der Waals surface area contributed by atoms with E-state index in [1.54, 1.807) is 0 Å². The highest BCUT2D eigenvalue weighted by atomic mass is 16.5. The summed E-state index contributed by atoms with van der Waals surface area (Å²) >= 11 is 0. The van der Waals surface area contributed by atoms with Gasteiger partial charge in [-0.2, -0.15) is 5.06 Å². The number of piperidine rings is 2. The molecule has 17 heavy (non-hydrogen) atoms. The van der Waals surface area contributed by atoms with E-state index in [1.807, 2.05) is 0 Å². The van der Waals surface area contributed by atoms with E-state index in [2.05, 4.69) is 33.0 Å². The largest absolute Gasteiger partial charge is 0.314 e. The van der Waals surface area contributed by atoms with Crippen molar-refractivity contribution in [3.63, 3.8) is 0 Å². The third kappa shape index (κ3) is 6.39. The monoisotopic (exact) mass is 242 g/mol. The summed E-state index contributed by atoms with van der Waals surface area (Å²) in [6.07, 6.45) is 7.62. The Kier molecular flexibility index (Phi) is 5.42. The van der Waals surface area contributed by atoms with Crippen LogP contribution in [0.2, 0.25) is 0 Å².